The molecule has 6 nitrogen and oxygen atoms in total. The Balaban J connectivity index is 1.98. The summed E-state index contributed by atoms with van der Waals surface area (Å²) in [6.45, 7) is 3.25. The number of Topliss-reactive ketones (excluding diaryl/α,β-unsaturated/α-hetero) is 1. The van der Waals surface area contributed by atoms with Crippen LogP contribution in [0, 0.1) is 5.41 Å². The standard InChI is InChI=1S/C23H21NO5S/c1-23(2)21(26)17-12-11-16(30(28,29)15-8-4-3-5-9-15)14-18(17)20(22(23)27)24-13-7-6-10-19(24)25/h3-14,20,22,27H,1-2H3/t20-,22+/m0/s1. The van der Waals surface area contributed by atoms with E-state index in [1.807, 2.05) is 0 Å². The van der Waals surface area contributed by atoms with Crippen LogP contribution in [0.25, 0.3) is 0 Å². The molecular weight excluding hydrogens is 402 g/mol. The van der Waals surface area contributed by atoms with Gasteiger partial charge < -0.3 is 9.67 Å². The first kappa shape index (κ1) is 20.3. The molecule has 1 heterocycles. The van der Waals surface area contributed by atoms with Gasteiger partial charge in [-0.05, 0) is 55.8 Å². The van der Waals surface area contributed by atoms with Crippen LogP contribution in [0.3, 0.4) is 0 Å². The average Bonchev–Trinajstić information content (AvgIpc) is 2.74. The van der Waals surface area contributed by atoms with E-state index in [-0.39, 0.29) is 21.1 Å². The Morgan fingerprint density at radius 3 is 2.23 bits per heavy atom. The van der Waals surface area contributed by atoms with E-state index in [1.165, 1.54) is 47.2 Å². The molecule has 0 aliphatic heterocycles. The van der Waals surface area contributed by atoms with Crippen molar-refractivity contribution in [2.75, 3.05) is 0 Å². The lowest BCUT2D eigenvalue weighted by Gasteiger charge is -2.41. The van der Waals surface area contributed by atoms with Gasteiger partial charge in [0.05, 0.1) is 27.4 Å². The molecule has 30 heavy (non-hydrogen) atoms. The van der Waals surface area contributed by atoms with Crippen LogP contribution in [0.2, 0.25) is 0 Å². The highest BCUT2D eigenvalue weighted by atomic mass is 32.2. The number of carbonyl (C=O) groups excluding carboxylic acids is 1. The molecule has 3 aromatic rings. The quantitative estimate of drug-likeness (QED) is 0.699. The summed E-state index contributed by atoms with van der Waals surface area (Å²) in [5.41, 5.74) is -0.878. The van der Waals surface area contributed by atoms with E-state index in [2.05, 4.69) is 0 Å². The van der Waals surface area contributed by atoms with Crippen molar-refractivity contribution in [2.45, 2.75) is 35.8 Å². The molecule has 0 bridgehead atoms. The summed E-state index contributed by atoms with van der Waals surface area (Å²) in [5, 5.41) is 11.1. The minimum atomic E-state index is -3.83. The van der Waals surface area contributed by atoms with Gasteiger partial charge in [-0.2, -0.15) is 0 Å². The number of fused-ring (bicyclic) bond motifs is 1. The van der Waals surface area contributed by atoms with E-state index in [0.717, 1.165) is 0 Å². The lowest BCUT2D eigenvalue weighted by atomic mass is 9.68. The first-order valence-corrected chi connectivity index (χ1v) is 11.0. The number of benzene rings is 2. The molecule has 0 fully saturated rings. The van der Waals surface area contributed by atoms with E-state index in [9.17, 15) is 23.1 Å². The predicted molar refractivity (Wildman–Crippen MR) is 111 cm³/mol. The van der Waals surface area contributed by atoms with Crippen LogP contribution in [0.4, 0.5) is 0 Å². The molecule has 154 valence electrons. The summed E-state index contributed by atoms with van der Waals surface area (Å²) in [5.74, 6) is -0.297. The summed E-state index contributed by atoms with van der Waals surface area (Å²) in [6, 6.07) is 16.0. The van der Waals surface area contributed by atoms with E-state index >= 15 is 0 Å². The van der Waals surface area contributed by atoms with Gasteiger partial charge in [-0.1, -0.05) is 24.3 Å². The van der Waals surface area contributed by atoms with Gasteiger partial charge in [0, 0.05) is 17.8 Å². The number of aliphatic hydroxyl groups excluding tert-OH is 1. The number of sulfone groups is 1. The molecule has 2 atom stereocenters. The smallest absolute Gasteiger partial charge is 0.251 e. The summed E-state index contributed by atoms with van der Waals surface area (Å²) in [4.78, 5) is 25.7. The van der Waals surface area contributed by atoms with E-state index < -0.39 is 27.4 Å². The molecule has 1 aliphatic rings. The van der Waals surface area contributed by atoms with Gasteiger partial charge >= 0.3 is 0 Å². The van der Waals surface area contributed by atoms with Crippen LogP contribution >= 0.6 is 0 Å². The van der Waals surface area contributed by atoms with Gasteiger partial charge in [0.1, 0.15) is 0 Å². The first-order chi connectivity index (χ1) is 14.2. The second-order valence-electron chi connectivity index (χ2n) is 7.95. The third-order valence-corrected chi connectivity index (χ3v) is 7.49. The fourth-order valence-electron chi connectivity index (χ4n) is 3.91. The van der Waals surface area contributed by atoms with Gasteiger partial charge in [-0.25, -0.2) is 8.42 Å². The maximum absolute atomic E-state index is 13.1. The molecule has 4 rings (SSSR count). The summed E-state index contributed by atoms with van der Waals surface area (Å²) in [7, 11) is -3.83. The van der Waals surface area contributed by atoms with Crippen molar-refractivity contribution < 1.29 is 18.3 Å². The van der Waals surface area contributed by atoms with Crippen LogP contribution in [-0.4, -0.2) is 30.0 Å². The minimum Gasteiger partial charge on any atom is -0.390 e. The van der Waals surface area contributed by atoms with E-state index in [1.54, 1.807) is 44.2 Å². The Kier molecular flexibility index (Phi) is 4.75. The molecule has 0 radical (unpaired) electrons. The number of aliphatic hydroxyl groups is 1. The van der Waals surface area contributed by atoms with Gasteiger partial charge in [-0.3, -0.25) is 9.59 Å². The highest BCUT2D eigenvalue weighted by molar-refractivity contribution is 7.91. The molecule has 0 amide bonds. The van der Waals surface area contributed by atoms with Crippen molar-refractivity contribution in [3.63, 3.8) is 0 Å². The number of rotatable bonds is 3. The number of ketones is 1. The second kappa shape index (κ2) is 7.04. The molecule has 0 saturated carbocycles. The van der Waals surface area contributed by atoms with Crippen molar-refractivity contribution in [2.24, 2.45) is 5.41 Å². The lowest BCUT2D eigenvalue weighted by molar-refractivity contribution is 0.0133. The van der Waals surface area contributed by atoms with Crippen LogP contribution < -0.4 is 5.56 Å². The number of nitrogens with zero attached hydrogens (tertiary/aromatic N) is 1. The normalized spacial score (nSPS) is 20.6. The zero-order valence-electron chi connectivity index (χ0n) is 16.5. The average molecular weight is 423 g/mol. The molecule has 0 unspecified atom stereocenters. The van der Waals surface area contributed by atoms with E-state index in [0.29, 0.717) is 11.1 Å². The Hall–Kier alpha value is -3.03. The maximum Gasteiger partial charge on any atom is 0.251 e. The van der Waals surface area contributed by atoms with Gasteiger partial charge in [0.15, 0.2) is 5.78 Å². The highest BCUT2D eigenvalue weighted by Crippen LogP contribution is 2.43. The number of aromatic nitrogens is 1. The second-order valence-corrected chi connectivity index (χ2v) is 9.90. The first-order valence-electron chi connectivity index (χ1n) is 9.50. The monoisotopic (exact) mass is 423 g/mol. The molecule has 0 spiro atoms. The zero-order valence-corrected chi connectivity index (χ0v) is 17.3. The number of carbonyl (C=O) groups is 1. The Bertz CT molecular complexity index is 1290. The molecule has 7 heteroatoms. The van der Waals surface area contributed by atoms with Crippen LogP contribution in [-0.2, 0) is 9.84 Å². The van der Waals surface area contributed by atoms with Crippen molar-refractivity contribution >= 4 is 15.6 Å². The fourth-order valence-corrected chi connectivity index (χ4v) is 5.23. The van der Waals surface area contributed by atoms with Crippen LogP contribution in [0.1, 0.15) is 35.8 Å². The largest absolute Gasteiger partial charge is 0.390 e. The van der Waals surface area contributed by atoms with Crippen molar-refractivity contribution in [1.82, 2.24) is 4.57 Å². The van der Waals surface area contributed by atoms with Crippen molar-refractivity contribution in [3.8, 4) is 0 Å². The zero-order chi connectivity index (χ0) is 21.7. The summed E-state index contributed by atoms with van der Waals surface area (Å²) >= 11 is 0. The van der Waals surface area contributed by atoms with Crippen LogP contribution in [0.15, 0.2) is 87.5 Å². The topological polar surface area (TPSA) is 93.4 Å². The lowest BCUT2D eigenvalue weighted by Crippen LogP contribution is -2.49. The Morgan fingerprint density at radius 2 is 1.57 bits per heavy atom. The Morgan fingerprint density at radius 1 is 0.900 bits per heavy atom. The molecule has 1 N–H and O–H groups in total. The minimum absolute atomic E-state index is 0.00105. The van der Waals surface area contributed by atoms with Gasteiger partial charge in [-0.15, -0.1) is 0 Å². The van der Waals surface area contributed by atoms with Crippen LogP contribution in [0.5, 0.6) is 0 Å². The highest BCUT2D eigenvalue weighted by Gasteiger charge is 2.48. The van der Waals surface area contributed by atoms with Crippen molar-refractivity contribution in [1.29, 1.82) is 0 Å². The molecule has 1 aliphatic carbocycles. The summed E-state index contributed by atoms with van der Waals surface area (Å²) in [6.07, 6.45) is 0.317. The van der Waals surface area contributed by atoms with Gasteiger partial charge in [0.2, 0.25) is 9.84 Å². The third kappa shape index (κ3) is 3.02. The molecule has 0 saturated heterocycles. The number of pyridine rings is 1. The number of hydrogen-bond acceptors (Lipinski definition) is 5. The maximum atomic E-state index is 13.1. The summed E-state index contributed by atoms with van der Waals surface area (Å²) < 4.78 is 27.6. The Labute approximate surface area is 174 Å². The molecule has 1 aromatic heterocycles. The number of hydrogen-bond donors (Lipinski definition) is 1. The van der Waals surface area contributed by atoms with Gasteiger partial charge in [0.25, 0.3) is 5.56 Å². The third-order valence-electron chi connectivity index (χ3n) is 5.72. The molecule has 2 aromatic carbocycles. The van der Waals surface area contributed by atoms with Crippen molar-refractivity contribution in [3.05, 3.63) is 94.4 Å². The fraction of sp³-hybridized carbons (Fsp3) is 0.217. The van der Waals surface area contributed by atoms with E-state index in [4.69, 9.17) is 0 Å². The molecular formula is C23H21NO5S. The SMILES string of the molecule is CC1(C)C(=O)c2ccc(S(=O)(=O)c3ccccc3)cc2[C@H](n2ccccc2=O)[C@H]1O. The predicted octanol–water partition coefficient (Wildman–Crippen LogP) is 2.85.